The Morgan fingerprint density at radius 3 is 2.71 bits per heavy atom. The van der Waals surface area contributed by atoms with E-state index in [1.165, 1.54) is 4.68 Å². The minimum Gasteiger partial charge on any atom is -0.322 e. The molecule has 0 spiro atoms. The highest BCUT2D eigenvalue weighted by atomic mass is 35.5. The number of carbonyl (C=O) groups excluding carboxylic acids is 1. The van der Waals surface area contributed by atoms with Gasteiger partial charge in [0.05, 0.1) is 28.3 Å². The second-order valence-electron chi connectivity index (χ2n) is 5.82. The molecule has 9 heteroatoms. The van der Waals surface area contributed by atoms with Gasteiger partial charge in [0.2, 0.25) is 5.91 Å². The van der Waals surface area contributed by atoms with Gasteiger partial charge in [-0.2, -0.15) is 10.2 Å². The van der Waals surface area contributed by atoms with E-state index in [-0.39, 0.29) is 23.4 Å². The summed E-state index contributed by atoms with van der Waals surface area (Å²) in [6.07, 6.45) is 0.555. The van der Waals surface area contributed by atoms with Gasteiger partial charge in [0.25, 0.3) is 6.43 Å². The first-order valence-electron chi connectivity index (χ1n) is 7.78. The molecule has 1 N–H and O–H groups in total. The highest BCUT2D eigenvalue weighted by Gasteiger charge is 2.34. The van der Waals surface area contributed by atoms with E-state index in [9.17, 15) is 13.6 Å². The fourth-order valence-corrected chi connectivity index (χ4v) is 3.06. The van der Waals surface area contributed by atoms with Crippen LogP contribution in [0.25, 0.3) is 0 Å². The van der Waals surface area contributed by atoms with Crippen LogP contribution in [-0.2, 0) is 17.9 Å². The summed E-state index contributed by atoms with van der Waals surface area (Å²) in [5.41, 5.74) is 1.51. The molecule has 2 aromatic rings. The third kappa shape index (κ3) is 3.15. The van der Waals surface area contributed by atoms with Gasteiger partial charge in [-0.3, -0.25) is 14.2 Å². The molecule has 0 aromatic carbocycles. The molecule has 0 aliphatic heterocycles. The first kappa shape index (κ1) is 16.9. The van der Waals surface area contributed by atoms with Crippen LogP contribution in [0.5, 0.6) is 0 Å². The quantitative estimate of drug-likeness (QED) is 0.860. The molecule has 2 aromatic heterocycles. The molecule has 0 saturated heterocycles. The van der Waals surface area contributed by atoms with Crippen LogP contribution in [0.4, 0.5) is 14.5 Å². The van der Waals surface area contributed by atoms with Crippen LogP contribution in [0.3, 0.4) is 0 Å². The van der Waals surface area contributed by atoms with Gasteiger partial charge in [-0.05, 0) is 26.7 Å². The number of alkyl halides is 2. The summed E-state index contributed by atoms with van der Waals surface area (Å²) in [5.74, 6) is -0.245. The molecule has 0 bridgehead atoms. The molecule has 24 heavy (non-hydrogen) atoms. The van der Waals surface area contributed by atoms with E-state index < -0.39 is 12.1 Å². The highest BCUT2D eigenvalue weighted by Crippen LogP contribution is 2.45. The topological polar surface area (TPSA) is 64.7 Å². The fourth-order valence-electron chi connectivity index (χ4n) is 2.69. The third-order valence-corrected chi connectivity index (χ3v) is 4.48. The summed E-state index contributed by atoms with van der Waals surface area (Å²) >= 11 is 6.04. The Balaban J connectivity index is 1.79. The number of rotatable bonds is 6. The van der Waals surface area contributed by atoms with E-state index in [4.69, 9.17) is 11.6 Å². The molecule has 6 nitrogen and oxygen atoms in total. The van der Waals surface area contributed by atoms with Gasteiger partial charge >= 0.3 is 0 Å². The van der Waals surface area contributed by atoms with Crippen molar-refractivity contribution in [3.63, 3.8) is 0 Å². The zero-order chi connectivity index (χ0) is 17.4. The minimum absolute atomic E-state index is 0.0183. The largest absolute Gasteiger partial charge is 0.322 e. The molecule has 1 amide bonds. The van der Waals surface area contributed by atoms with Crippen molar-refractivity contribution in [2.24, 2.45) is 0 Å². The zero-order valence-corrected chi connectivity index (χ0v) is 14.1. The SMILES string of the molecule is CCn1ncc(NC(=O)Cn2nc(C(F)F)c(Cl)c2C2CC2)c1C. The number of hydrogen-bond acceptors (Lipinski definition) is 3. The molecule has 130 valence electrons. The Morgan fingerprint density at radius 2 is 2.17 bits per heavy atom. The van der Waals surface area contributed by atoms with Crippen molar-refractivity contribution in [2.75, 3.05) is 5.32 Å². The van der Waals surface area contributed by atoms with Gasteiger partial charge in [0, 0.05) is 12.5 Å². The number of aryl methyl sites for hydroxylation is 1. The fraction of sp³-hybridized carbons (Fsp3) is 0.533. The molecule has 0 unspecified atom stereocenters. The Kier molecular flexibility index (Phi) is 4.58. The molecule has 3 rings (SSSR count). The van der Waals surface area contributed by atoms with Crippen LogP contribution in [-0.4, -0.2) is 25.5 Å². The number of carbonyl (C=O) groups is 1. The van der Waals surface area contributed by atoms with E-state index in [2.05, 4.69) is 15.5 Å². The van der Waals surface area contributed by atoms with Crippen molar-refractivity contribution >= 4 is 23.2 Å². The minimum atomic E-state index is -2.76. The van der Waals surface area contributed by atoms with Gasteiger partial charge in [0.15, 0.2) is 0 Å². The van der Waals surface area contributed by atoms with Gasteiger partial charge in [-0.1, -0.05) is 11.6 Å². The number of hydrogen-bond donors (Lipinski definition) is 1. The molecule has 1 saturated carbocycles. The zero-order valence-electron chi connectivity index (χ0n) is 13.4. The number of nitrogens with one attached hydrogen (secondary N) is 1. The van der Waals surface area contributed by atoms with Crippen LogP contribution in [0.15, 0.2) is 6.20 Å². The Morgan fingerprint density at radius 1 is 1.46 bits per heavy atom. The molecule has 0 atom stereocenters. The summed E-state index contributed by atoms with van der Waals surface area (Å²) in [6.45, 7) is 4.33. The van der Waals surface area contributed by atoms with E-state index in [0.717, 1.165) is 18.5 Å². The Hall–Kier alpha value is -1.96. The summed E-state index contributed by atoms with van der Waals surface area (Å²) in [7, 11) is 0. The molecule has 2 heterocycles. The first-order chi connectivity index (χ1) is 11.4. The number of amides is 1. The van der Waals surface area contributed by atoms with Crippen molar-refractivity contribution in [3.8, 4) is 0 Å². The molecule has 1 aliphatic carbocycles. The Bertz CT molecular complexity index is 766. The van der Waals surface area contributed by atoms with Crippen molar-refractivity contribution in [1.29, 1.82) is 0 Å². The summed E-state index contributed by atoms with van der Waals surface area (Å²) in [6, 6.07) is 0. The molecule has 1 fully saturated rings. The molecule has 1 aliphatic rings. The van der Waals surface area contributed by atoms with Gasteiger partial charge < -0.3 is 5.32 Å². The molecule has 0 radical (unpaired) electrons. The standard InChI is InChI=1S/C15H18ClF2N5O/c1-3-22-8(2)10(6-19-22)20-11(24)7-23-14(9-4-5-9)12(16)13(21-23)15(17)18/h6,9,15H,3-5,7H2,1-2H3,(H,20,24). The average Bonchev–Trinajstić information content (AvgIpc) is 3.22. The average molecular weight is 358 g/mol. The lowest BCUT2D eigenvalue weighted by atomic mass is 10.2. The monoisotopic (exact) mass is 357 g/mol. The summed E-state index contributed by atoms with van der Waals surface area (Å²) < 4.78 is 29.1. The molecular weight excluding hydrogens is 340 g/mol. The van der Waals surface area contributed by atoms with Crippen LogP contribution < -0.4 is 5.32 Å². The van der Waals surface area contributed by atoms with Crippen molar-refractivity contribution < 1.29 is 13.6 Å². The van der Waals surface area contributed by atoms with E-state index >= 15 is 0 Å². The summed E-state index contributed by atoms with van der Waals surface area (Å²) in [4.78, 5) is 12.3. The second kappa shape index (κ2) is 6.51. The Labute approximate surface area is 142 Å². The normalized spacial score (nSPS) is 14.4. The predicted molar refractivity (Wildman–Crippen MR) is 85.4 cm³/mol. The maximum absolute atomic E-state index is 13.0. The van der Waals surface area contributed by atoms with E-state index in [1.807, 2.05) is 13.8 Å². The van der Waals surface area contributed by atoms with Crippen molar-refractivity contribution in [3.05, 3.63) is 28.3 Å². The second-order valence-corrected chi connectivity index (χ2v) is 6.20. The smallest absolute Gasteiger partial charge is 0.283 e. The first-order valence-corrected chi connectivity index (χ1v) is 8.16. The number of halogens is 3. The number of aromatic nitrogens is 4. The highest BCUT2D eigenvalue weighted by molar-refractivity contribution is 6.32. The number of nitrogens with zero attached hydrogens (tertiary/aromatic N) is 4. The van der Waals surface area contributed by atoms with Gasteiger partial charge in [0.1, 0.15) is 12.2 Å². The van der Waals surface area contributed by atoms with Crippen molar-refractivity contribution in [2.45, 2.75) is 52.1 Å². The van der Waals surface area contributed by atoms with Crippen LogP contribution in [0.1, 0.15) is 49.2 Å². The maximum atomic E-state index is 13.0. The van der Waals surface area contributed by atoms with Crippen LogP contribution in [0, 0.1) is 6.92 Å². The van der Waals surface area contributed by atoms with Crippen LogP contribution in [0.2, 0.25) is 5.02 Å². The van der Waals surface area contributed by atoms with Gasteiger partial charge in [-0.25, -0.2) is 8.78 Å². The van der Waals surface area contributed by atoms with Crippen LogP contribution >= 0.6 is 11.6 Å². The van der Waals surface area contributed by atoms with E-state index in [1.54, 1.807) is 10.9 Å². The van der Waals surface area contributed by atoms with Gasteiger partial charge in [-0.15, -0.1) is 0 Å². The van der Waals surface area contributed by atoms with E-state index in [0.29, 0.717) is 17.9 Å². The van der Waals surface area contributed by atoms with Crippen molar-refractivity contribution in [1.82, 2.24) is 19.6 Å². The lowest BCUT2D eigenvalue weighted by Crippen LogP contribution is -2.21. The maximum Gasteiger partial charge on any atom is 0.283 e. The third-order valence-electron chi connectivity index (χ3n) is 4.10. The summed E-state index contributed by atoms with van der Waals surface area (Å²) in [5, 5.41) is 10.7. The predicted octanol–water partition coefficient (Wildman–Crippen LogP) is 3.52. The lowest BCUT2D eigenvalue weighted by Gasteiger charge is -2.08. The molecular formula is C15H18ClF2N5O. The number of anilines is 1. The lowest BCUT2D eigenvalue weighted by molar-refractivity contribution is -0.117.